The normalized spacial score (nSPS) is 10.0. The van der Waals surface area contributed by atoms with E-state index in [2.05, 4.69) is 22.9 Å². The quantitative estimate of drug-likeness (QED) is 0.427. The van der Waals surface area contributed by atoms with Crippen molar-refractivity contribution in [1.82, 2.24) is 4.98 Å². The van der Waals surface area contributed by atoms with Crippen LogP contribution in [0.5, 0.6) is 0 Å². The largest absolute Gasteiger partial charge is 0.363 e. The van der Waals surface area contributed by atoms with Crippen molar-refractivity contribution in [1.29, 1.82) is 0 Å². The van der Waals surface area contributed by atoms with E-state index in [1.165, 1.54) is 5.56 Å². The summed E-state index contributed by atoms with van der Waals surface area (Å²) in [6.07, 6.45) is 5.15. The maximum absolute atomic E-state index is 5.25. The van der Waals surface area contributed by atoms with E-state index in [1.54, 1.807) is 6.20 Å². The fraction of sp³-hybridized carbons (Fsp3) is 0.400. The minimum absolute atomic E-state index is 0.725. The molecule has 0 aliphatic rings. The lowest BCUT2D eigenvalue weighted by molar-refractivity contribution is 0.803. The van der Waals surface area contributed by atoms with E-state index in [0.717, 1.165) is 30.8 Å². The van der Waals surface area contributed by atoms with Crippen LogP contribution in [0, 0.1) is 7.05 Å². The summed E-state index contributed by atoms with van der Waals surface area (Å²) in [5.41, 5.74) is 1.27. The summed E-state index contributed by atoms with van der Waals surface area (Å²) >= 11 is 4.16. The third-order valence-electron chi connectivity index (χ3n) is 1.85. The summed E-state index contributed by atoms with van der Waals surface area (Å²) in [5, 5.41) is 2.53. The van der Waals surface area contributed by atoms with Gasteiger partial charge in [-0.1, -0.05) is 0 Å². The van der Waals surface area contributed by atoms with Crippen LogP contribution in [0.3, 0.4) is 0 Å². The molecule has 0 aliphatic heterocycles. The van der Waals surface area contributed by atoms with Crippen molar-refractivity contribution in [2.24, 2.45) is 0 Å². The van der Waals surface area contributed by atoms with Gasteiger partial charge in [0.1, 0.15) is 5.82 Å². The van der Waals surface area contributed by atoms with Gasteiger partial charge in [-0.3, -0.25) is 0 Å². The second-order valence-electron chi connectivity index (χ2n) is 2.87. The maximum atomic E-state index is 5.25. The van der Waals surface area contributed by atoms with Crippen LogP contribution >= 0.6 is 12.6 Å². The van der Waals surface area contributed by atoms with Gasteiger partial charge in [-0.2, -0.15) is 12.6 Å². The lowest BCUT2D eigenvalue weighted by Crippen LogP contribution is -1.92. The first-order chi connectivity index (χ1) is 6.36. The highest BCUT2D eigenvalue weighted by molar-refractivity contribution is 7.80. The number of rotatable bonds is 5. The Hall–Kier alpha value is -0.700. The number of pyridine rings is 1. The monoisotopic (exact) mass is 194 g/mol. The van der Waals surface area contributed by atoms with E-state index >= 15 is 0 Å². The molecule has 0 aromatic carbocycles. The number of thiol groups is 1. The van der Waals surface area contributed by atoms with Gasteiger partial charge < -0.3 is 5.32 Å². The molecule has 0 fully saturated rings. The second kappa shape index (κ2) is 5.86. The number of aryl methyl sites for hydroxylation is 1. The first kappa shape index (κ1) is 10.4. The molecule has 0 saturated heterocycles. The third-order valence-corrected chi connectivity index (χ3v) is 2.16. The van der Waals surface area contributed by atoms with Crippen molar-refractivity contribution in [3.8, 4) is 0 Å². The Morgan fingerprint density at radius 3 is 3.00 bits per heavy atom. The van der Waals surface area contributed by atoms with Crippen LogP contribution in [-0.4, -0.2) is 10.7 Å². The molecule has 3 heteroatoms. The number of aromatic nitrogens is 1. The third kappa shape index (κ3) is 3.68. The first-order valence-corrected chi connectivity index (χ1v) is 5.02. The maximum Gasteiger partial charge on any atom is 0.126 e. The number of nitrogens with zero attached hydrogens (tertiary/aromatic N) is 1. The zero-order valence-electron chi connectivity index (χ0n) is 7.53. The standard InChI is InChI=1S/C10H14N2S/c1-11-10-8-9(5-6-12-10)4-2-3-7-13/h1,5-6,8,13H,2-4,7H2,(H,11,12). The number of unbranched alkanes of at least 4 members (excludes halogenated alkanes) is 1. The Labute approximate surface area is 85.2 Å². The fourth-order valence-electron chi connectivity index (χ4n) is 1.15. The molecular formula is C10H14N2S. The number of anilines is 1. The van der Waals surface area contributed by atoms with E-state index in [9.17, 15) is 0 Å². The van der Waals surface area contributed by atoms with E-state index in [4.69, 9.17) is 7.05 Å². The second-order valence-corrected chi connectivity index (χ2v) is 3.32. The van der Waals surface area contributed by atoms with Crippen LogP contribution in [-0.2, 0) is 6.42 Å². The van der Waals surface area contributed by atoms with Crippen molar-refractivity contribution < 1.29 is 0 Å². The molecule has 0 spiro atoms. The molecule has 1 aromatic heterocycles. The molecule has 0 bridgehead atoms. The van der Waals surface area contributed by atoms with Crippen molar-refractivity contribution in [3.63, 3.8) is 0 Å². The van der Waals surface area contributed by atoms with Gasteiger partial charge in [0.2, 0.25) is 0 Å². The molecule has 0 unspecified atom stereocenters. The van der Waals surface area contributed by atoms with Gasteiger partial charge >= 0.3 is 0 Å². The fourth-order valence-corrected chi connectivity index (χ4v) is 1.37. The number of hydrogen-bond donors (Lipinski definition) is 2. The molecule has 0 atom stereocenters. The zero-order valence-corrected chi connectivity index (χ0v) is 8.43. The van der Waals surface area contributed by atoms with Crippen LogP contribution in [0.25, 0.3) is 0 Å². The summed E-state index contributed by atoms with van der Waals surface area (Å²) in [7, 11) is 5.25. The molecule has 0 saturated carbocycles. The van der Waals surface area contributed by atoms with Gasteiger partial charge in [-0.25, -0.2) is 4.98 Å². The molecule has 1 heterocycles. The Morgan fingerprint density at radius 1 is 1.46 bits per heavy atom. The summed E-state index contributed by atoms with van der Waals surface area (Å²) in [6.45, 7) is 0. The van der Waals surface area contributed by atoms with E-state index in [-0.39, 0.29) is 0 Å². The molecular weight excluding hydrogens is 180 g/mol. The van der Waals surface area contributed by atoms with Crippen LogP contribution in [0.4, 0.5) is 5.82 Å². The minimum Gasteiger partial charge on any atom is -0.363 e. The molecule has 0 amide bonds. The van der Waals surface area contributed by atoms with Gasteiger partial charge in [0, 0.05) is 6.20 Å². The highest BCUT2D eigenvalue weighted by atomic mass is 32.1. The number of hydrogen-bond acceptors (Lipinski definition) is 3. The Kier molecular flexibility index (Phi) is 4.68. The van der Waals surface area contributed by atoms with Crippen molar-refractivity contribution in [2.75, 3.05) is 11.1 Å². The van der Waals surface area contributed by atoms with Gasteiger partial charge in [0.05, 0.1) is 7.05 Å². The predicted octanol–water partition coefficient (Wildman–Crippen LogP) is 2.41. The Bertz CT molecular complexity index is 250. The van der Waals surface area contributed by atoms with Crippen LogP contribution in [0.15, 0.2) is 18.3 Å². The van der Waals surface area contributed by atoms with E-state index in [1.807, 2.05) is 12.1 Å². The van der Waals surface area contributed by atoms with Crippen molar-refractivity contribution in [3.05, 3.63) is 30.9 Å². The summed E-state index contributed by atoms with van der Waals surface area (Å²) < 4.78 is 0. The smallest absolute Gasteiger partial charge is 0.126 e. The highest BCUT2D eigenvalue weighted by Crippen LogP contribution is 2.09. The molecule has 0 aliphatic carbocycles. The average molecular weight is 194 g/mol. The van der Waals surface area contributed by atoms with Gasteiger partial charge in [-0.05, 0) is 42.7 Å². The molecule has 70 valence electrons. The topological polar surface area (TPSA) is 24.9 Å². The molecule has 2 nitrogen and oxygen atoms in total. The van der Waals surface area contributed by atoms with E-state index in [0.29, 0.717) is 0 Å². The van der Waals surface area contributed by atoms with Gasteiger partial charge in [0.15, 0.2) is 0 Å². The highest BCUT2D eigenvalue weighted by Gasteiger charge is 1.95. The zero-order chi connectivity index (χ0) is 9.52. The lowest BCUT2D eigenvalue weighted by atomic mass is 10.1. The Morgan fingerprint density at radius 2 is 2.31 bits per heavy atom. The van der Waals surface area contributed by atoms with Crippen LogP contribution in [0.2, 0.25) is 0 Å². The van der Waals surface area contributed by atoms with Crippen LogP contribution < -0.4 is 5.32 Å². The summed E-state index contributed by atoms with van der Waals surface area (Å²) in [5.74, 6) is 1.68. The molecule has 1 rings (SSSR count). The molecule has 13 heavy (non-hydrogen) atoms. The van der Waals surface area contributed by atoms with Crippen molar-refractivity contribution in [2.45, 2.75) is 19.3 Å². The summed E-state index contributed by atoms with van der Waals surface area (Å²) in [4.78, 5) is 4.03. The van der Waals surface area contributed by atoms with Gasteiger partial charge in [-0.15, -0.1) is 0 Å². The van der Waals surface area contributed by atoms with Crippen LogP contribution in [0.1, 0.15) is 18.4 Å². The lowest BCUT2D eigenvalue weighted by Gasteiger charge is -2.02. The predicted molar refractivity (Wildman–Crippen MR) is 59.0 cm³/mol. The SMILES string of the molecule is [CH]Nc1cc(CCCCS)ccn1. The van der Waals surface area contributed by atoms with Crippen molar-refractivity contribution >= 4 is 18.4 Å². The van der Waals surface area contributed by atoms with Gasteiger partial charge in [0.25, 0.3) is 0 Å². The molecule has 2 radical (unpaired) electrons. The number of nitrogens with one attached hydrogen (secondary N) is 1. The summed E-state index contributed by atoms with van der Waals surface area (Å²) in [6, 6.07) is 3.98. The van der Waals surface area contributed by atoms with E-state index < -0.39 is 0 Å². The molecule has 1 N–H and O–H groups in total. The Balaban J connectivity index is 2.46. The molecule has 1 aromatic rings. The average Bonchev–Trinajstić information content (AvgIpc) is 2.19. The minimum atomic E-state index is 0.725. The first-order valence-electron chi connectivity index (χ1n) is 4.39.